The van der Waals surface area contributed by atoms with Gasteiger partial charge in [-0.3, -0.25) is 9.69 Å². The minimum Gasteiger partial charge on any atom is -0.393 e. The summed E-state index contributed by atoms with van der Waals surface area (Å²) in [5.74, 6) is 0.0987. The molecule has 0 rings (SSSR count). The Kier molecular flexibility index (Phi) is 8.15. The highest BCUT2D eigenvalue weighted by Gasteiger charge is 2.11. The molecule has 0 aromatic carbocycles. The number of aliphatic hydroxyl groups excluding tert-OH is 1. The first-order chi connectivity index (χ1) is 7.47. The van der Waals surface area contributed by atoms with Crippen molar-refractivity contribution in [3.63, 3.8) is 0 Å². The standard InChI is InChI=1S/C11H25N3O2/c1-10(15)5-8-13(2)9-11(16)14(3)7-4-6-12/h10,15H,4-9,12H2,1-3H3. The Bertz CT molecular complexity index is 198. The van der Waals surface area contributed by atoms with E-state index in [9.17, 15) is 4.79 Å². The normalized spacial score (nSPS) is 12.9. The number of rotatable bonds is 8. The van der Waals surface area contributed by atoms with Gasteiger partial charge < -0.3 is 15.7 Å². The molecule has 1 amide bonds. The zero-order valence-electron chi connectivity index (χ0n) is 10.6. The van der Waals surface area contributed by atoms with Gasteiger partial charge in [0, 0.05) is 20.1 Å². The van der Waals surface area contributed by atoms with E-state index in [0.29, 0.717) is 26.1 Å². The number of hydrogen-bond donors (Lipinski definition) is 2. The Labute approximate surface area is 98.2 Å². The van der Waals surface area contributed by atoms with E-state index in [-0.39, 0.29) is 12.0 Å². The molecule has 3 N–H and O–H groups in total. The van der Waals surface area contributed by atoms with Crippen molar-refractivity contribution in [2.24, 2.45) is 5.73 Å². The second kappa shape index (κ2) is 8.50. The lowest BCUT2D eigenvalue weighted by Gasteiger charge is -2.22. The van der Waals surface area contributed by atoms with Gasteiger partial charge in [-0.2, -0.15) is 0 Å². The molecule has 1 atom stereocenters. The van der Waals surface area contributed by atoms with Crippen LogP contribution in [0.2, 0.25) is 0 Å². The number of aliphatic hydroxyl groups is 1. The van der Waals surface area contributed by atoms with Crippen molar-refractivity contribution in [3.05, 3.63) is 0 Å². The third-order valence-electron chi connectivity index (χ3n) is 2.46. The first kappa shape index (κ1) is 15.3. The van der Waals surface area contributed by atoms with Gasteiger partial charge in [0.15, 0.2) is 0 Å². The van der Waals surface area contributed by atoms with E-state index in [0.717, 1.165) is 13.0 Å². The summed E-state index contributed by atoms with van der Waals surface area (Å²) in [6.45, 7) is 4.19. The summed E-state index contributed by atoms with van der Waals surface area (Å²) >= 11 is 0. The zero-order valence-corrected chi connectivity index (χ0v) is 10.6. The number of amides is 1. The Morgan fingerprint density at radius 1 is 1.38 bits per heavy atom. The molecule has 16 heavy (non-hydrogen) atoms. The van der Waals surface area contributed by atoms with Gasteiger partial charge in [0.05, 0.1) is 12.6 Å². The molecule has 0 aliphatic rings. The number of nitrogens with zero attached hydrogens (tertiary/aromatic N) is 2. The fraction of sp³-hybridized carbons (Fsp3) is 0.909. The molecule has 0 aromatic rings. The number of carbonyl (C=O) groups excluding carboxylic acids is 1. The Balaban J connectivity index is 3.76. The summed E-state index contributed by atoms with van der Waals surface area (Å²) in [7, 11) is 3.68. The van der Waals surface area contributed by atoms with E-state index < -0.39 is 0 Å². The van der Waals surface area contributed by atoms with Crippen molar-refractivity contribution in [1.82, 2.24) is 9.80 Å². The second-order valence-electron chi connectivity index (χ2n) is 4.33. The molecule has 5 nitrogen and oxygen atoms in total. The van der Waals surface area contributed by atoms with Crippen LogP contribution in [0.4, 0.5) is 0 Å². The third kappa shape index (κ3) is 7.62. The minimum absolute atomic E-state index is 0.0987. The molecule has 0 heterocycles. The van der Waals surface area contributed by atoms with Crippen LogP contribution in [-0.4, -0.2) is 67.2 Å². The van der Waals surface area contributed by atoms with E-state index in [2.05, 4.69) is 0 Å². The Morgan fingerprint density at radius 3 is 2.50 bits per heavy atom. The molecule has 96 valence electrons. The summed E-state index contributed by atoms with van der Waals surface area (Å²) in [6, 6.07) is 0. The highest BCUT2D eigenvalue weighted by atomic mass is 16.3. The Morgan fingerprint density at radius 2 is 2.00 bits per heavy atom. The molecule has 0 bridgehead atoms. The van der Waals surface area contributed by atoms with Crippen LogP contribution >= 0.6 is 0 Å². The lowest BCUT2D eigenvalue weighted by Crippen LogP contribution is -2.38. The molecule has 0 aliphatic carbocycles. The maximum Gasteiger partial charge on any atom is 0.236 e. The number of hydrogen-bond acceptors (Lipinski definition) is 4. The van der Waals surface area contributed by atoms with Gasteiger partial charge in [-0.25, -0.2) is 0 Å². The van der Waals surface area contributed by atoms with E-state index >= 15 is 0 Å². The van der Waals surface area contributed by atoms with Crippen LogP contribution in [0.1, 0.15) is 19.8 Å². The number of nitrogens with two attached hydrogens (primary N) is 1. The summed E-state index contributed by atoms with van der Waals surface area (Å²) in [4.78, 5) is 15.3. The SMILES string of the molecule is CC(O)CCN(C)CC(=O)N(C)CCCN. The van der Waals surface area contributed by atoms with Crippen LogP contribution in [0.3, 0.4) is 0 Å². The van der Waals surface area contributed by atoms with Gasteiger partial charge in [-0.05, 0) is 33.4 Å². The maximum absolute atomic E-state index is 11.7. The predicted octanol–water partition coefficient (Wildman–Crippen LogP) is -0.504. The van der Waals surface area contributed by atoms with Gasteiger partial charge in [0.25, 0.3) is 0 Å². The maximum atomic E-state index is 11.7. The smallest absolute Gasteiger partial charge is 0.236 e. The molecule has 0 spiro atoms. The van der Waals surface area contributed by atoms with Crippen LogP contribution in [0.5, 0.6) is 0 Å². The fourth-order valence-corrected chi connectivity index (χ4v) is 1.29. The highest BCUT2D eigenvalue weighted by Crippen LogP contribution is 1.95. The van der Waals surface area contributed by atoms with Crippen LogP contribution in [0, 0.1) is 0 Å². The van der Waals surface area contributed by atoms with Gasteiger partial charge in [-0.15, -0.1) is 0 Å². The lowest BCUT2D eigenvalue weighted by atomic mass is 10.3. The third-order valence-corrected chi connectivity index (χ3v) is 2.46. The lowest BCUT2D eigenvalue weighted by molar-refractivity contribution is -0.130. The van der Waals surface area contributed by atoms with Crippen LogP contribution in [0.15, 0.2) is 0 Å². The number of carbonyl (C=O) groups is 1. The average Bonchev–Trinajstić information content (AvgIpc) is 2.22. The topological polar surface area (TPSA) is 69.8 Å². The zero-order chi connectivity index (χ0) is 12.6. The number of likely N-dealkylation sites (N-methyl/N-ethyl adjacent to an activating group) is 2. The van der Waals surface area contributed by atoms with E-state index in [4.69, 9.17) is 10.8 Å². The second-order valence-corrected chi connectivity index (χ2v) is 4.33. The van der Waals surface area contributed by atoms with Crippen molar-refractivity contribution >= 4 is 5.91 Å². The summed E-state index contributed by atoms with van der Waals surface area (Å²) < 4.78 is 0. The molecule has 0 aromatic heterocycles. The first-order valence-corrected chi connectivity index (χ1v) is 5.78. The van der Waals surface area contributed by atoms with E-state index in [1.54, 1.807) is 18.9 Å². The summed E-state index contributed by atoms with van der Waals surface area (Å²) in [5, 5.41) is 9.12. The molecule has 0 saturated carbocycles. The highest BCUT2D eigenvalue weighted by molar-refractivity contribution is 5.77. The van der Waals surface area contributed by atoms with E-state index in [1.165, 1.54) is 0 Å². The first-order valence-electron chi connectivity index (χ1n) is 5.78. The average molecular weight is 231 g/mol. The van der Waals surface area contributed by atoms with Crippen LogP contribution in [0.25, 0.3) is 0 Å². The van der Waals surface area contributed by atoms with Gasteiger partial charge in [0.2, 0.25) is 5.91 Å². The molecule has 5 heteroatoms. The predicted molar refractivity (Wildman–Crippen MR) is 65.1 cm³/mol. The molecule has 0 radical (unpaired) electrons. The largest absolute Gasteiger partial charge is 0.393 e. The van der Waals surface area contributed by atoms with Crippen LogP contribution < -0.4 is 5.73 Å². The van der Waals surface area contributed by atoms with Crippen molar-refractivity contribution in [2.45, 2.75) is 25.9 Å². The summed E-state index contributed by atoms with van der Waals surface area (Å²) in [5.41, 5.74) is 5.38. The van der Waals surface area contributed by atoms with Crippen molar-refractivity contribution in [2.75, 3.05) is 40.3 Å². The van der Waals surface area contributed by atoms with E-state index in [1.807, 2.05) is 11.9 Å². The molecule has 0 aliphatic heterocycles. The van der Waals surface area contributed by atoms with Gasteiger partial charge in [0.1, 0.15) is 0 Å². The van der Waals surface area contributed by atoms with Crippen molar-refractivity contribution in [1.29, 1.82) is 0 Å². The van der Waals surface area contributed by atoms with Gasteiger partial charge in [-0.1, -0.05) is 0 Å². The summed E-state index contributed by atoms with van der Waals surface area (Å²) in [6.07, 6.45) is 1.21. The molecular weight excluding hydrogens is 206 g/mol. The molecule has 0 saturated heterocycles. The molecule has 1 unspecified atom stereocenters. The fourth-order valence-electron chi connectivity index (χ4n) is 1.29. The van der Waals surface area contributed by atoms with Crippen LogP contribution in [-0.2, 0) is 4.79 Å². The minimum atomic E-state index is -0.312. The molecule has 0 fully saturated rings. The Hall–Kier alpha value is -0.650. The molecular formula is C11H25N3O2. The van der Waals surface area contributed by atoms with Gasteiger partial charge >= 0.3 is 0 Å². The quantitative estimate of drug-likeness (QED) is 0.591. The van der Waals surface area contributed by atoms with Crippen molar-refractivity contribution in [3.8, 4) is 0 Å². The van der Waals surface area contributed by atoms with Crippen molar-refractivity contribution < 1.29 is 9.90 Å². The monoisotopic (exact) mass is 231 g/mol.